The summed E-state index contributed by atoms with van der Waals surface area (Å²) in [4.78, 5) is 0. The summed E-state index contributed by atoms with van der Waals surface area (Å²) in [6, 6.07) is 5.84. The lowest BCUT2D eigenvalue weighted by atomic mass is 10.2. The van der Waals surface area contributed by atoms with Crippen LogP contribution < -0.4 is 0 Å². The molecule has 0 aliphatic carbocycles. The quantitative estimate of drug-likeness (QED) is 0.772. The largest absolute Gasteiger partial charge is 0.249 e. The van der Waals surface area contributed by atoms with Crippen LogP contribution in [0, 0.1) is 6.92 Å². The molecule has 0 radical (unpaired) electrons. The molecule has 2 rings (SSSR count). The molecule has 0 aromatic heterocycles. The van der Waals surface area contributed by atoms with E-state index in [-0.39, 0.29) is 0 Å². The lowest BCUT2D eigenvalue weighted by molar-refractivity contribution is 0.663. The SMILES string of the molecule is Cc1ccc(N=S2(=O)CCC2)cc1Br. The highest BCUT2D eigenvalue weighted by Gasteiger charge is 2.18. The lowest BCUT2D eigenvalue weighted by Crippen LogP contribution is -2.22. The Labute approximate surface area is 93.0 Å². The fourth-order valence-electron chi connectivity index (χ4n) is 1.31. The first-order valence-corrected chi connectivity index (χ1v) is 7.22. The van der Waals surface area contributed by atoms with E-state index in [1.165, 1.54) is 5.56 Å². The van der Waals surface area contributed by atoms with Gasteiger partial charge < -0.3 is 0 Å². The van der Waals surface area contributed by atoms with Gasteiger partial charge in [0.05, 0.1) is 15.4 Å². The first-order valence-electron chi connectivity index (χ1n) is 4.58. The molecule has 14 heavy (non-hydrogen) atoms. The minimum atomic E-state index is -1.87. The minimum Gasteiger partial charge on any atom is -0.249 e. The second-order valence-electron chi connectivity index (χ2n) is 3.56. The van der Waals surface area contributed by atoms with Crippen LogP contribution in [0.5, 0.6) is 0 Å². The van der Waals surface area contributed by atoms with Crippen LogP contribution in [0.4, 0.5) is 5.69 Å². The molecule has 1 heterocycles. The maximum absolute atomic E-state index is 11.8. The van der Waals surface area contributed by atoms with Gasteiger partial charge in [-0.05, 0) is 31.0 Å². The number of rotatable bonds is 1. The third-order valence-electron chi connectivity index (χ3n) is 2.35. The van der Waals surface area contributed by atoms with Crippen LogP contribution in [0.25, 0.3) is 0 Å². The van der Waals surface area contributed by atoms with Crippen LogP contribution in [-0.4, -0.2) is 15.7 Å². The molecule has 0 unspecified atom stereocenters. The van der Waals surface area contributed by atoms with E-state index in [1.807, 2.05) is 25.1 Å². The van der Waals surface area contributed by atoms with Crippen LogP contribution >= 0.6 is 15.9 Å². The number of nitrogens with zero attached hydrogens (tertiary/aromatic N) is 1. The molecule has 0 atom stereocenters. The molecule has 76 valence electrons. The molecule has 0 N–H and O–H groups in total. The molecule has 1 aliphatic rings. The summed E-state index contributed by atoms with van der Waals surface area (Å²) in [5.41, 5.74) is 2.00. The first-order chi connectivity index (χ1) is 6.59. The van der Waals surface area contributed by atoms with E-state index in [0.29, 0.717) is 0 Å². The smallest absolute Gasteiger partial charge is 0.0741 e. The third kappa shape index (κ3) is 2.01. The van der Waals surface area contributed by atoms with Crippen molar-refractivity contribution >= 4 is 31.3 Å². The highest BCUT2D eigenvalue weighted by molar-refractivity contribution is 9.10. The highest BCUT2D eigenvalue weighted by atomic mass is 79.9. The molecule has 1 aliphatic heterocycles. The van der Waals surface area contributed by atoms with Crippen molar-refractivity contribution in [1.29, 1.82) is 0 Å². The van der Waals surface area contributed by atoms with Crippen molar-refractivity contribution in [3.05, 3.63) is 28.2 Å². The Hall–Kier alpha value is -0.350. The van der Waals surface area contributed by atoms with Crippen LogP contribution in [0.3, 0.4) is 0 Å². The van der Waals surface area contributed by atoms with Gasteiger partial charge in [-0.25, -0.2) is 4.21 Å². The van der Waals surface area contributed by atoms with Gasteiger partial charge in [-0.15, -0.1) is 0 Å². The summed E-state index contributed by atoms with van der Waals surface area (Å²) in [7, 11) is -1.87. The van der Waals surface area contributed by atoms with Gasteiger partial charge in [0.2, 0.25) is 0 Å². The Bertz CT molecular complexity index is 465. The second-order valence-corrected chi connectivity index (χ2v) is 6.96. The van der Waals surface area contributed by atoms with Gasteiger partial charge in [-0.3, -0.25) is 0 Å². The molecule has 0 bridgehead atoms. The van der Waals surface area contributed by atoms with Crippen LogP contribution in [0.15, 0.2) is 27.0 Å². The zero-order valence-electron chi connectivity index (χ0n) is 8.00. The van der Waals surface area contributed by atoms with E-state index in [1.54, 1.807) is 0 Å². The zero-order valence-corrected chi connectivity index (χ0v) is 10.4. The second kappa shape index (κ2) is 3.66. The van der Waals surface area contributed by atoms with Crippen molar-refractivity contribution in [2.24, 2.45) is 4.36 Å². The van der Waals surface area contributed by atoms with Crippen LogP contribution in [-0.2, 0) is 9.73 Å². The van der Waals surface area contributed by atoms with Gasteiger partial charge in [0, 0.05) is 16.0 Å². The maximum Gasteiger partial charge on any atom is 0.0741 e. The van der Waals surface area contributed by atoms with Crippen molar-refractivity contribution in [1.82, 2.24) is 0 Å². The van der Waals surface area contributed by atoms with Crippen LogP contribution in [0.2, 0.25) is 0 Å². The first kappa shape index (κ1) is 10.2. The third-order valence-corrected chi connectivity index (χ3v) is 5.60. The van der Waals surface area contributed by atoms with E-state index in [0.717, 1.165) is 28.1 Å². The molecular weight excluding hydrogens is 262 g/mol. The maximum atomic E-state index is 11.8. The standard InChI is InChI=1S/C10H12BrNOS/c1-8-3-4-9(7-10(8)11)12-14(13)5-2-6-14/h3-4,7H,2,5-6H2,1H3. The zero-order chi connectivity index (χ0) is 10.2. The van der Waals surface area contributed by atoms with Gasteiger partial charge in [0.1, 0.15) is 0 Å². The summed E-state index contributed by atoms with van der Waals surface area (Å²) in [5, 5.41) is 0. The Balaban J connectivity index is 2.39. The normalized spacial score (nSPS) is 18.7. The van der Waals surface area contributed by atoms with Crippen molar-refractivity contribution in [2.75, 3.05) is 11.5 Å². The topological polar surface area (TPSA) is 29.4 Å². The molecule has 1 fully saturated rings. The molecular formula is C10H12BrNOS. The van der Waals surface area contributed by atoms with E-state index in [4.69, 9.17) is 0 Å². The predicted molar refractivity (Wildman–Crippen MR) is 63.5 cm³/mol. The number of hydrogen-bond acceptors (Lipinski definition) is 2. The Morgan fingerprint density at radius 1 is 1.43 bits per heavy atom. The van der Waals surface area contributed by atoms with E-state index in [9.17, 15) is 4.21 Å². The van der Waals surface area contributed by atoms with E-state index < -0.39 is 9.73 Å². The summed E-state index contributed by atoms with van der Waals surface area (Å²) < 4.78 is 17.2. The summed E-state index contributed by atoms with van der Waals surface area (Å²) in [6.07, 6.45) is 1.05. The van der Waals surface area contributed by atoms with Gasteiger partial charge >= 0.3 is 0 Å². The molecule has 1 aromatic carbocycles. The van der Waals surface area contributed by atoms with Crippen molar-refractivity contribution in [3.63, 3.8) is 0 Å². The summed E-state index contributed by atoms with van der Waals surface area (Å²) in [6.45, 7) is 2.02. The van der Waals surface area contributed by atoms with E-state index >= 15 is 0 Å². The average Bonchev–Trinajstić information content (AvgIpc) is 2.09. The van der Waals surface area contributed by atoms with Gasteiger partial charge in [0.25, 0.3) is 0 Å². The number of benzene rings is 1. The summed E-state index contributed by atoms with van der Waals surface area (Å²) in [5.74, 6) is 1.52. The number of aryl methyl sites for hydroxylation is 1. The molecule has 0 saturated carbocycles. The fourth-order valence-corrected chi connectivity index (χ4v) is 3.14. The van der Waals surface area contributed by atoms with Gasteiger partial charge in [-0.2, -0.15) is 4.36 Å². The Morgan fingerprint density at radius 3 is 2.64 bits per heavy atom. The summed E-state index contributed by atoms with van der Waals surface area (Å²) >= 11 is 3.44. The fraction of sp³-hybridized carbons (Fsp3) is 0.400. The molecule has 1 saturated heterocycles. The molecule has 0 spiro atoms. The average molecular weight is 274 g/mol. The van der Waals surface area contributed by atoms with Crippen molar-refractivity contribution in [3.8, 4) is 0 Å². The Kier molecular flexibility index (Phi) is 2.66. The molecule has 2 nitrogen and oxygen atoms in total. The number of halogens is 1. The monoisotopic (exact) mass is 273 g/mol. The molecule has 0 amide bonds. The van der Waals surface area contributed by atoms with Crippen molar-refractivity contribution in [2.45, 2.75) is 13.3 Å². The van der Waals surface area contributed by atoms with E-state index in [2.05, 4.69) is 20.3 Å². The van der Waals surface area contributed by atoms with Crippen molar-refractivity contribution < 1.29 is 4.21 Å². The molecule has 1 aromatic rings. The van der Waals surface area contributed by atoms with Gasteiger partial charge in [-0.1, -0.05) is 22.0 Å². The lowest BCUT2D eigenvalue weighted by Gasteiger charge is -2.17. The molecule has 4 heteroatoms. The van der Waals surface area contributed by atoms with Crippen LogP contribution in [0.1, 0.15) is 12.0 Å². The Morgan fingerprint density at radius 2 is 2.14 bits per heavy atom. The highest BCUT2D eigenvalue weighted by Crippen LogP contribution is 2.26. The predicted octanol–water partition coefficient (Wildman–Crippen LogP) is 3.26. The minimum absolute atomic E-state index is 0.762. The number of hydrogen-bond donors (Lipinski definition) is 0. The van der Waals surface area contributed by atoms with Gasteiger partial charge in [0.15, 0.2) is 0 Å².